The normalized spacial score (nSPS) is 14.5. The first-order valence-electron chi connectivity index (χ1n) is 8.21. The van der Waals surface area contributed by atoms with Gasteiger partial charge in [-0.3, -0.25) is 10.1 Å². The van der Waals surface area contributed by atoms with Gasteiger partial charge < -0.3 is 4.74 Å². The van der Waals surface area contributed by atoms with E-state index in [2.05, 4.69) is 15.3 Å². The Hall–Kier alpha value is -2.52. The molecular formula is C17H20N4O4S. The topological polar surface area (TPSA) is 101 Å². The summed E-state index contributed by atoms with van der Waals surface area (Å²) in [5.74, 6) is 0.511. The zero-order chi connectivity index (χ0) is 18.7. The van der Waals surface area contributed by atoms with Gasteiger partial charge in [-0.05, 0) is 25.1 Å². The monoisotopic (exact) mass is 376 g/mol. The van der Waals surface area contributed by atoms with Crippen LogP contribution in [0, 0.1) is 0 Å². The van der Waals surface area contributed by atoms with E-state index < -0.39 is 10.0 Å². The van der Waals surface area contributed by atoms with Gasteiger partial charge in [-0.1, -0.05) is 6.07 Å². The van der Waals surface area contributed by atoms with Crippen LogP contribution in [0.2, 0.25) is 0 Å². The number of ether oxygens (including phenoxy) is 1. The Morgan fingerprint density at radius 2 is 2.19 bits per heavy atom. The Labute approximate surface area is 152 Å². The fraction of sp³-hybridized carbons (Fsp3) is 0.353. The summed E-state index contributed by atoms with van der Waals surface area (Å²) >= 11 is 0. The summed E-state index contributed by atoms with van der Waals surface area (Å²) in [6, 6.07) is 6.78. The average Bonchev–Trinajstić information content (AvgIpc) is 2.67. The summed E-state index contributed by atoms with van der Waals surface area (Å²) < 4.78 is 30.6. The maximum atomic E-state index is 12.3. The fourth-order valence-corrected chi connectivity index (χ4v) is 3.78. The number of aromatic nitrogens is 2. The van der Waals surface area contributed by atoms with Crippen LogP contribution in [-0.2, 0) is 23.0 Å². The van der Waals surface area contributed by atoms with Crippen LogP contribution in [0.15, 0.2) is 30.5 Å². The highest BCUT2D eigenvalue weighted by Gasteiger charge is 2.26. The molecule has 26 heavy (non-hydrogen) atoms. The SMILES string of the molecule is CCS(=O)(=O)N1CCc2nc(NC(=O)c3cccc(OC)c3)ncc2C1. The number of nitrogens with one attached hydrogen (secondary N) is 1. The Balaban J connectivity index is 1.75. The maximum Gasteiger partial charge on any atom is 0.258 e. The lowest BCUT2D eigenvalue weighted by molar-refractivity contribution is 0.102. The van der Waals surface area contributed by atoms with Gasteiger partial charge in [0.25, 0.3) is 5.91 Å². The number of hydrogen-bond acceptors (Lipinski definition) is 6. The van der Waals surface area contributed by atoms with Gasteiger partial charge in [0, 0.05) is 36.8 Å². The number of fused-ring (bicyclic) bond motifs is 1. The Kier molecular flexibility index (Phi) is 5.19. The van der Waals surface area contributed by atoms with Crippen molar-refractivity contribution in [1.82, 2.24) is 14.3 Å². The molecule has 1 aromatic carbocycles. The number of carbonyl (C=O) groups excluding carboxylic acids is 1. The van der Waals surface area contributed by atoms with Crippen molar-refractivity contribution >= 4 is 21.9 Å². The molecule has 2 heterocycles. The minimum absolute atomic E-state index is 0.0673. The molecule has 2 aromatic rings. The van der Waals surface area contributed by atoms with Crippen LogP contribution in [0.5, 0.6) is 5.75 Å². The largest absolute Gasteiger partial charge is 0.497 e. The Bertz CT molecular complexity index is 930. The standard InChI is InChI=1S/C17H20N4O4S/c1-3-26(23,24)21-8-7-15-13(11-21)10-18-17(19-15)20-16(22)12-5-4-6-14(9-12)25-2/h4-6,9-10H,3,7-8,11H2,1-2H3,(H,18,19,20,22). The maximum absolute atomic E-state index is 12.3. The molecular weight excluding hydrogens is 356 g/mol. The summed E-state index contributed by atoms with van der Waals surface area (Å²) in [7, 11) is -1.71. The second-order valence-corrected chi connectivity index (χ2v) is 8.09. The van der Waals surface area contributed by atoms with Crippen molar-refractivity contribution in [2.45, 2.75) is 19.9 Å². The van der Waals surface area contributed by atoms with E-state index in [1.54, 1.807) is 37.4 Å². The Morgan fingerprint density at radius 1 is 1.38 bits per heavy atom. The molecule has 0 saturated heterocycles. The number of hydrogen-bond donors (Lipinski definition) is 1. The molecule has 1 amide bonds. The molecule has 0 saturated carbocycles. The van der Waals surface area contributed by atoms with E-state index in [9.17, 15) is 13.2 Å². The predicted molar refractivity (Wildman–Crippen MR) is 96.6 cm³/mol. The molecule has 1 aliphatic rings. The molecule has 0 radical (unpaired) electrons. The number of anilines is 1. The number of methoxy groups -OCH3 is 1. The number of nitrogens with zero attached hydrogens (tertiary/aromatic N) is 3. The van der Waals surface area contributed by atoms with Gasteiger partial charge in [-0.15, -0.1) is 0 Å². The molecule has 1 aliphatic heterocycles. The van der Waals surface area contributed by atoms with Crippen molar-refractivity contribution in [3.63, 3.8) is 0 Å². The first-order chi connectivity index (χ1) is 12.4. The number of sulfonamides is 1. The fourth-order valence-electron chi connectivity index (χ4n) is 2.71. The summed E-state index contributed by atoms with van der Waals surface area (Å²) in [4.78, 5) is 20.9. The number of rotatable bonds is 5. The predicted octanol–water partition coefficient (Wildman–Crippen LogP) is 1.45. The molecule has 0 aliphatic carbocycles. The zero-order valence-electron chi connectivity index (χ0n) is 14.6. The minimum atomic E-state index is -3.24. The highest BCUT2D eigenvalue weighted by atomic mass is 32.2. The van der Waals surface area contributed by atoms with Crippen LogP contribution >= 0.6 is 0 Å². The first-order valence-corrected chi connectivity index (χ1v) is 9.82. The van der Waals surface area contributed by atoms with Gasteiger partial charge in [0.2, 0.25) is 16.0 Å². The molecule has 9 heteroatoms. The summed E-state index contributed by atoms with van der Waals surface area (Å²) in [5, 5.41) is 2.66. The Morgan fingerprint density at radius 3 is 2.92 bits per heavy atom. The zero-order valence-corrected chi connectivity index (χ0v) is 15.4. The lowest BCUT2D eigenvalue weighted by atomic mass is 10.1. The third-order valence-electron chi connectivity index (χ3n) is 4.21. The lowest BCUT2D eigenvalue weighted by Gasteiger charge is -2.26. The molecule has 0 fully saturated rings. The number of carbonyl (C=O) groups is 1. The molecule has 0 spiro atoms. The van der Waals surface area contributed by atoms with Gasteiger partial charge >= 0.3 is 0 Å². The summed E-state index contributed by atoms with van der Waals surface area (Å²) in [6.45, 7) is 2.26. The van der Waals surface area contributed by atoms with Gasteiger partial charge in [0.05, 0.1) is 18.6 Å². The van der Waals surface area contributed by atoms with E-state index in [0.717, 1.165) is 11.3 Å². The highest BCUT2D eigenvalue weighted by molar-refractivity contribution is 7.89. The molecule has 3 rings (SSSR count). The molecule has 0 atom stereocenters. The summed E-state index contributed by atoms with van der Waals surface area (Å²) in [5.41, 5.74) is 1.95. The van der Waals surface area contributed by atoms with E-state index in [4.69, 9.17) is 4.74 Å². The van der Waals surface area contributed by atoms with Crippen LogP contribution in [0.3, 0.4) is 0 Å². The van der Waals surface area contributed by atoms with Gasteiger partial charge in [-0.25, -0.2) is 18.4 Å². The van der Waals surface area contributed by atoms with Crippen molar-refractivity contribution < 1.29 is 17.9 Å². The minimum Gasteiger partial charge on any atom is -0.497 e. The third-order valence-corrected chi connectivity index (χ3v) is 6.04. The molecule has 1 N–H and O–H groups in total. The van der Waals surface area contributed by atoms with Crippen molar-refractivity contribution in [2.24, 2.45) is 0 Å². The van der Waals surface area contributed by atoms with Crippen LogP contribution in [0.1, 0.15) is 28.5 Å². The molecule has 0 bridgehead atoms. The molecule has 8 nitrogen and oxygen atoms in total. The van der Waals surface area contributed by atoms with Crippen LogP contribution < -0.4 is 10.1 Å². The quantitative estimate of drug-likeness (QED) is 0.847. The number of benzene rings is 1. The van der Waals surface area contributed by atoms with Gasteiger partial charge in [0.15, 0.2) is 0 Å². The van der Waals surface area contributed by atoms with E-state index in [1.807, 2.05) is 0 Å². The van der Waals surface area contributed by atoms with Crippen LogP contribution in [0.4, 0.5) is 5.95 Å². The lowest BCUT2D eigenvalue weighted by Crippen LogP contribution is -2.37. The van der Waals surface area contributed by atoms with Gasteiger partial charge in [0.1, 0.15) is 5.75 Å². The van der Waals surface area contributed by atoms with E-state index >= 15 is 0 Å². The average molecular weight is 376 g/mol. The number of amides is 1. The van der Waals surface area contributed by atoms with Crippen LogP contribution in [-0.4, -0.2) is 48.0 Å². The van der Waals surface area contributed by atoms with E-state index in [-0.39, 0.29) is 24.2 Å². The summed E-state index contributed by atoms with van der Waals surface area (Å²) in [6.07, 6.45) is 2.06. The highest BCUT2D eigenvalue weighted by Crippen LogP contribution is 2.21. The third kappa shape index (κ3) is 3.83. The van der Waals surface area contributed by atoms with Gasteiger partial charge in [-0.2, -0.15) is 4.31 Å². The van der Waals surface area contributed by atoms with Crippen molar-refractivity contribution in [1.29, 1.82) is 0 Å². The smallest absolute Gasteiger partial charge is 0.258 e. The van der Waals surface area contributed by atoms with E-state index in [0.29, 0.717) is 24.3 Å². The second kappa shape index (κ2) is 7.38. The van der Waals surface area contributed by atoms with Crippen LogP contribution in [0.25, 0.3) is 0 Å². The van der Waals surface area contributed by atoms with E-state index in [1.165, 1.54) is 11.4 Å². The van der Waals surface area contributed by atoms with Crippen molar-refractivity contribution in [3.8, 4) is 5.75 Å². The molecule has 1 aromatic heterocycles. The van der Waals surface area contributed by atoms with Crippen molar-refractivity contribution in [2.75, 3.05) is 24.7 Å². The first kappa shape index (κ1) is 18.3. The van der Waals surface area contributed by atoms with Crippen molar-refractivity contribution in [3.05, 3.63) is 47.3 Å². The molecule has 138 valence electrons. The molecule has 0 unspecified atom stereocenters. The second-order valence-electron chi connectivity index (χ2n) is 5.84.